The molecule has 0 amide bonds. The van der Waals surface area contributed by atoms with Crippen LogP contribution in [-0.2, 0) is 0 Å². The molecule has 48 valence electrons. The molecule has 0 unspecified atom stereocenters. The van der Waals surface area contributed by atoms with Crippen molar-refractivity contribution in [2.75, 3.05) is 7.05 Å². The van der Waals surface area contributed by atoms with Gasteiger partial charge in [-0.3, -0.25) is 0 Å². The van der Waals surface area contributed by atoms with Gasteiger partial charge in [-0.25, -0.2) is 0 Å². The second-order valence-corrected chi connectivity index (χ2v) is 2.32. The summed E-state index contributed by atoms with van der Waals surface area (Å²) in [6, 6.07) is 0. The summed E-state index contributed by atoms with van der Waals surface area (Å²) < 4.78 is 0. The predicted octanol–water partition coefficient (Wildman–Crippen LogP) is 2.08. The highest BCUT2D eigenvalue weighted by Crippen LogP contribution is 2.07. The number of rotatable bonds is 0. The first-order valence-electron chi connectivity index (χ1n) is 2.73. The zero-order valence-electron chi connectivity index (χ0n) is 5.21. The molecule has 0 saturated heterocycles. The van der Waals surface area contributed by atoms with Crippen LogP contribution >= 0.6 is 11.6 Å². The summed E-state index contributed by atoms with van der Waals surface area (Å²) in [6.07, 6.45) is 9.48. The van der Waals surface area contributed by atoms with Crippen LogP contribution in [0.25, 0.3) is 0 Å². The van der Waals surface area contributed by atoms with Gasteiger partial charge in [-0.05, 0) is 12.2 Å². The average molecular weight is 142 g/mol. The van der Waals surface area contributed by atoms with Gasteiger partial charge in [-0.15, -0.1) is 0 Å². The fourth-order valence-electron chi connectivity index (χ4n) is 0.614. The molecular weight excluding hydrogens is 134 g/mol. The fraction of sp³-hybridized carbons (Fsp3) is 0.143. The van der Waals surface area contributed by atoms with E-state index in [1.165, 1.54) is 0 Å². The number of nitrogens with zero attached hydrogens (tertiary/aromatic N) is 1. The summed E-state index contributed by atoms with van der Waals surface area (Å²) in [5.74, 6) is 0. The Hall–Kier alpha value is -0.690. The Bertz CT molecular complexity index is 179. The minimum absolute atomic E-state index is 0.752. The average Bonchev–Trinajstić information content (AvgIpc) is 1.93. The number of hydrogen-bond donors (Lipinski definition) is 0. The monoisotopic (exact) mass is 141 g/mol. The van der Waals surface area contributed by atoms with Gasteiger partial charge in [-0.1, -0.05) is 17.7 Å². The largest absolute Gasteiger partial charge is 0.356 e. The normalized spacial score (nSPS) is 17.6. The van der Waals surface area contributed by atoms with E-state index >= 15 is 0 Å². The maximum absolute atomic E-state index is 5.71. The van der Waals surface area contributed by atoms with Crippen LogP contribution in [-0.4, -0.2) is 11.9 Å². The van der Waals surface area contributed by atoms with Crippen molar-refractivity contribution in [3.8, 4) is 0 Å². The Balaban J connectivity index is 2.77. The van der Waals surface area contributed by atoms with Crippen molar-refractivity contribution >= 4 is 11.6 Å². The highest BCUT2D eigenvalue weighted by Gasteiger charge is 1.89. The number of halogens is 1. The van der Waals surface area contributed by atoms with Gasteiger partial charge in [0.25, 0.3) is 0 Å². The van der Waals surface area contributed by atoms with Crippen LogP contribution in [0.4, 0.5) is 0 Å². The zero-order chi connectivity index (χ0) is 6.69. The predicted molar refractivity (Wildman–Crippen MR) is 40.0 cm³/mol. The number of hydrogen-bond acceptors (Lipinski definition) is 1. The third kappa shape index (κ3) is 1.94. The second kappa shape index (κ2) is 2.74. The maximum Gasteiger partial charge on any atom is 0.0567 e. The van der Waals surface area contributed by atoms with Gasteiger partial charge in [0, 0.05) is 19.4 Å². The molecule has 9 heavy (non-hydrogen) atoms. The van der Waals surface area contributed by atoms with Gasteiger partial charge in [0.1, 0.15) is 0 Å². The van der Waals surface area contributed by atoms with E-state index in [4.69, 9.17) is 11.6 Å². The molecule has 2 heteroatoms. The van der Waals surface area contributed by atoms with Crippen molar-refractivity contribution in [3.63, 3.8) is 0 Å². The molecule has 1 aliphatic heterocycles. The molecule has 0 bridgehead atoms. The van der Waals surface area contributed by atoms with Crippen molar-refractivity contribution < 1.29 is 0 Å². The van der Waals surface area contributed by atoms with Crippen LogP contribution in [0, 0.1) is 0 Å². The molecule has 1 heterocycles. The van der Waals surface area contributed by atoms with E-state index in [-0.39, 0.29) is 0 Å². The molecule has 0 aromatic heterocycles. The van der Waals surface area contributed by atoms with Crippen molar-refractivity contribution in [2.24, 2.45) is 0 Å². The third-order valence-corrected chi connectivity index (χ3v) is 1.24. The summed E-state index contributed by atoms with van der Waals surface area (Å²) in [5, 5.41) is 0.752. The lowest BCUT2D eigenvalue weighted by molar-refractivity contribution is 0.626. The molecule has 0 atom stereocenters. The summed E-state index contributed by atoms with van der Waals surface area (Å²) >= 11 is 5.71. The molecule has 0 aromatic rings. The second-order valence-electron chi connectivity index (χ2n) is 1.88. The quantitative estimate of drug-likeness (QED) is 0.499. The van der Waals surface area contributed by atoms with Crippen LogP contribution in [0.5, 0.6) is 0 Å². The van der Waals surface area contributed by atoms with Crippen LogP contribution < -0.4 is 0 Å². The zero-order valence-corrected chi connectivity index (χ0v) is 5.97. The summed E-state index contributed by atoms with van der Waals surface area (Å²) in [4.78, 5) is 1.91. The highest BCUT2D eigenvalue weighted by molar-refractivity contribution is 6.31. The Morgan fingerprint density at radius 1 is 1.44 bits per heavy atom. The van der Waals surface area contributed by atoms with Gasteiger partial charge in [0.2, 0.25) is 0 Å². The molecule has 0 aromatic carbocycles. The molecule has 0 N–H and O–H groups in total. The maximum atomic E-state index is 5.71. The minimum Gasteiger partial charge on any atom is -0.356 e. The minimum atomic E-state index is 0.752. The number of allylic oxidation sites excluding steroid dienone is 4. The Morgan fingerprint density at radius 2 is 2.22 bits per heavy atom. The molecule has 0 aliphatic carbocycles. The molecule has 0 saturated carbocycles. The van der Waals surface area contributed by atoms with E-state index in [0.717, 1.165) is 5.03 Å². The molecule has 0 spiro atoms. The standard InChI is InChI=1S/C7H8ClN/c1-9-5-3-2-4-7(8)6-9/h2-6H,1H3. The van der Waals surface area contributed by atoms with Crippen LogP contribution in [0.2, 0.25) is 0 Å². The van der Waals surface area contributed by atoms with Gasteiger partial charge < -0.3 is 4.90 Å². The van der Waals surface area contributed by atoms with Gasteiger partial charge in [0.05, 0.1) is 5.03 Å². The van der Waals surface area contributed by atoms with Gasteiger partial charge >= 0.3 is 0 Å². The fourth-order valence-corrected chi connectivity index (χ4v) is 0.840. The Morgan fingerprint density at radius 3 is 3.00 bits per heavy atom. The van der Waals surface area contributed by atoms with Gasteiger partial charge in [-0.2, -0.15) is 0 Å². The molecule has 1 aliphatic rings. The van der Waals surface area contributed by atoms with Crippen molar-refractivity contribution in [3.05, 3.63) is 35.7 Å². The molecular formula is C7H8ClN. The van der Waals surface area contributed by atoms with E-state index in [1.807, 2.05) is 42.6 Å². The molecule has 1 nitrogen and oxygen atoms in total. The highest BCUT2D eigenvalue weighted by atomic mass is 35.5. The van der Waals surface area contributed by atoms with E-state index < -0.39 is 0 Å². The summed E-state index contributed by atoms with van der Waals surface area (Å²) in [7, 11) is 1.94. The van der Waals surface area contributed by atoms with E-state index in [1.54, 1.807) is 0 Å². The van der Waals surface area contributed by atoms with Crippen molar-refractivity contribution in [1.29, 1.82) is 0 Å². The first-order valence-corrected chi connectivity index (χ1v) is 3.11. The van der Waals surface area contributed by atoms with Crippen LogP contribution in [0.3, 0.4) is 0 Å². The first-order chi connectivity index (χ1) is 4.29. The van der Waals surface area contributed by atoms with E-state index in [2.05, 4.69) is 0 Å². The van der Waals surface area contributed by atoms with Gasteiger partial charge in [0.15, 0.2) is 0 Å². The molecule has 0 fully saturated rings. The SMILES string of the molecule is CN1C=CC=CC(Cl)=C1. The smallest absolute Gasteiger partial charge is 0.0567 e. The van der Waals surface area contributed by atoms with E-state index in [9.17, 15) is 0 Å². The topological polar surface area (TPSA) is 3.24 Å². The molecule has 1 rings (SSSR count). The summed E-state index contributed by atoms with van der Waals surface area (Å²) in [5.41, 5.74) is 0. The van der Waals surface area contributed by atoms with Crippen molar-refractivity contribution in [2.45, 2.75) is 0 Å². The lowest BCUT2D eigenvalue weighted by atomic mass is 10.5. The van der Waals surface area contributed by atoms with E-state index in [0.29, 0.717) is 0 Å². The Kier molecular flexibility index (Phi) is 1.96. The Labute approximate surface area is 59.9 Å². The van der Waals surface area contributed by atoms with Crippen LogP contribution in [0.1, 0.15) is 0 Å². The molecule has 0 radical (unpaired) electrons. The summed E-state index contributed by atoms with van der Waals surface area (Å²) in [6.45, 7) is 0. The lowest BCUT2D eigenvalue weighted by Crippen LogP contribution is -1.98. The van der Waals surface area contributed by atoms with Crippen molar-refractivity contribution in [1.82, 2.24) is 4.90 Å². The van der Waals surface area contributed by atoms with Crippen LogP contribution in [0.15, 0.2) is 35.7 Å². The first kappa shape index (κ1) is 6.43. The lowest BCUT2D eigenvalue weighted by Gasteiger charge is -2.03. The third-order valence-electron chi connectivity index (χ3n) is 1.01.